The molecule has 3 rings (SSSR count). The average molecular weight is 408 g/mol. The highest BCUT2D eigenvalue weighted by Crippen LogP contribution is 2.32. The second-order valence-corrected chi connectivity index (χ2v) is 7.04. The van der Waals surface area contributed by atoms with Gasteiger partial charge in [0.25, 0.3) is 11.1 Å². The summed E-state index contributed by atoms with van der Waals surface area (Å²) < 4.78 is 0. The fraction of sp³-hybridized carbons (Fsp3) is 0. The smallest absolute Gasteiger partial charge is 0.323 e. The van der Waals surface area contributed by atoms with Crippen LogP contribution in [0, 0.1) is 0 Å². The zero-order valence-corrected chi connectivity index (χ0v) is 15.4. The predicted molar refractivity (Wildman–Crippen MR) is 104 cm³/mol. The minimum atomic E-state index is -0.689. The second-order valence-electron chi connectivity index (χ2n) is 5.22. The van der Waals surface area contributed by atoms with Gasteiger partial charge in [-0.15, -0.1) is 0 Å². The maximum absolute atomic E-state index is 11.9. The van der Waals surface area contributed by atoms with E-state index in [1.807, 2.05) is 0 Å². The average Bonchev–Trinajstić information content (AvgIpc) is 2.90. The van der Waals surface area contributed by atoms with Gasteiger partial charge < -0.3 is 5.73 Å². The van der Waals surface area contributed by atoms with Crippen molar-refractivity contribution in [3.8, 4) is 0 Å². The first-order chi connectivity index (χ1) is 12.3. The fourth-order valence-corrected chi connectivity index (χ4v) is 3.29. The zero-order chi connectivity index (χ0) is 18.8. The lowest BCUT2D eigenvalue weighted by molar-refractivity contribution is -0.115. The molecule has 0 saturated carbocycles. The van der Waals surface area contributed by atoms with Crippen LogP contribution in [0.1, 0.15) is 5.56 Å². The molecule has 1 saturated heterocycles. The minimum absolute atomic E-state index is 0.297. The van der Waals surface area contributed by atoms with Gasteiger partial charge in [0.05, 0.1) is 26.3 Å². The highest BCUT2D eigenvalue weighted by Gasteiger charge is 2.25. The van der Waals surface area contributed by atoms with Crippen LogP contribution in [0.3, 0.4) is 0 Å². The molecule has 4 amide bonds. The van der Waals surface area contributed by atoms with Crippen LogP contribution in [0.4, 0.5) is 21.0 Å². The van der Waals surface area contributed by atoms with Crippen LogP contribution in [0.15, 0.2) is 47.4 Å². The number of anilines is 2. The van der Waals surface area contributed by atoms with E-state index in [1.165, 1.54) is 11.0 Å². The molecule has 1 heterocycles. The molecule has 1 fully saturated rings. The largest absolute Gasteiger partial charge is 0.351 e. The molecule has 0 bridgehead atoms. The second kappa shape index (κ2) is 7.41. The Hall–Kier alpha value is -2.48. The molecular formula is C17H11Cl2N3O3S. The van der Waals surface area contributed by atoms with E-state index >= 15 is 0 Å². The molecule has 2 aromatic rings. The molecule has 2 aromatic carbocycles. The number of benzene rings is 2. The van der Waals surface area contributed by atoms with E-state index < -0.39 is 17.2 Å². The number of urea groups is 1. The first-order valence-corrected chi connectivity index (χ1v) is 8.82. The topological polar surface area (TPSA) is 92.5 Å². The van der Waals surface area contributed by atoms with Crippen molar-refractivity contribution in [2.24, 2.45) is 5.73 Å². The Labute approximate surface area is 162 Å². The SMILES string of the molecule is NC(=O)N(c1ccc(C=C2SC(=O)NC2=O)cc1)c1ccc(Cl)c(Cl)c1. The van der Waals surface area contributed by atoms with Crippen LogP contribution in [0.5, 0.6) is 0 Å². The fourth-order valence-electron chi connectivity index (χ4n) is 2.32. The predicted octanol–water partition coefficient (Wildman–Crippen LogP) is 4.53. The molecule has 0 radical (unpaired) electrons. The number of carbonyl (C=O) groups excluding carboxylic acids is 3. The first kappa shape index (κ1) is 18.3. The number of halogens is 2. The number of thioether (sulfide) groups is 1. The van der Waals surface area contributed by atoms with Gasteiger partial charge in [-0.2, -0.15) is 0 Å². The number of nitrogens with zero attached hydrogens (tertiary/aromatic N) is 1. The quantitative estimate of drug-likeness (QED) is 0.730. The van der Waals surface area contributed by atoms with Gasteiger partial charge in [-0.25, -0.2) is 4.79 Å². The number of imide groups is 1. The summed E-state index contributed by atoms with van der Waals surface area (Å²) in [6.45, 7) is 0. The van der Waals surface area contributed by atoms with E-state index in [-0.39, 0.29) is 0 Å². The van der Waals surface area contributed by atoms with E-state index in [9.17, 15) is 14.4 Å². The van der Waals surface area contributed by atoms with E-state index in [0.29, 0.717) is 31.9 Å². The number of amides is 4. The van der Waals surface area contributed by atoms with Crippen LogP contribution in [0.25, 0.3) is 6.08 Å². The zero-order valence-electron chi connectivity index (χ0n) is 13.0. The summed E-state index contributed by atoms with van der Waals surface area (Å²) in [7, 11) is 0. The molecule has 0 aliphatic carbocycles. The number of hydrogen-bond donors (Lipinski definition) is 2. The van der Waals surface area contributed by atoms with Crippen molar-refractivity contribution >= 4 is 69.6 Å². The summed E-state index contributed by atoms with van der Waals surface area (Å²) in [5, 5.41) is 2.44. The molecule has 26 heavy (non-hydrogen) atoms. The van der Waals surface area contributed by atoms with Gasteiger partial charge in [-0.3, -0.25) is 19.8 Å². The van der Waals surface area contributed by atoms with Crippen molar-refractivity contribution in [3.05, 3.63) is 63.0 Å². The lowest BCUT2D eigenvalue weighted by Gasteiger charge is -2.21. The summed E-state index contributed by atoms with van der Waals surface area (Å²) in [6, 6.07) is 10.8. The van der Waals surface area contributed by atoms with Crippen molar-refractivity contribution in [2.75, 3.05) is 4.90 Å². The van der Waals surface area contributed by atoms with Gasteiger partial charge in [-0.1, -0.05) is 35.3 Å². The first-order valence-electron chi connectivity index (χ1n) is 7.24. The van der Waals surface area contributed by atoms with Crippen LogP contribution in [0.2, 0.25) is 10.0 Å². The Morgan fingerprint density at radius 1 is 1.04 bits per heavy atom. The van der Waals surface area contributed by atoms with Crippen molar-refractivity contribution < 1.29 is 14.4 Å². The molecule has 3 N–H and O–H groups in total. The monoisotopic (exact) mass is 407 g/mol. The Bertz CT molecular complexity index is 945. The number of hydrogen-bond acceptors (Lipinski definition) is 4. The van der Waals surface area contributed by atoms with Crippen LogP contribution < -0.4 is 16.0 Å². The van der Waals surface area contributed by atoms with E-state index in [1.54, 1.807) is 42.5 Å². The van der Waals surface area contributed by atoms with Crippen LogP contribution >= 0.6 is 35.0 Å². The maximum atomic E-state index is 11.9. The van der Waals surface area contributed by atoms with Gasteiger partial charge in [0.15, 0.2) is 0 Å². The molecule has 0 spiro atoms. The molecule has 0 unspecified atom stereocenters. The van der Waals surface area contributed by atoms with Gasteiger partial charge in [-0.05, 0) is 53.7 Å². The lowest BCUT2D eigenvalue weighted by atomic mass is 10.1. The molecular weight excluding hydrogens is 397 g/mol. The third-order valence-electron chi connectivity index (χ3n) is 3.47. The van der Waals surface area contributed by atoms with Crippen molar-refractivity contribution in [1.29, 1.82) is 0 Å². The highest BCUT2D eigenvalue weighted by atomic mass is 35.5. The Morgan fingerprint density at radius 3 is 2.23 bits per heavy atom. The van der Waals surface area contributed by atoms with Gasteiger partial charge in [0.2, 0.25) is 0 Å². The Kier molecular flexibility index (Phi) is 5.22. The van der Waals surface area contributed by atoms with E-state index in [2.05, 4.69) is 5.32 Å². The maximum Gasteiger partial charge on any atom is 0.323 e. The third kappa shape index (κ3) is 3.85. The summed E-state index contributed by atoms with van der Waals surface area (Å²) in [6.07, 6.45) is 1.59. The molecule has 0 atom stereocenters. The number of carbonyl (C=O) groups is 3. The minimum Gasteiger partial charge on any atom is -0.351 e. The number of rotatable bonds is 3. The van der Waals surface area contributed by atoms with Crippen LogP contribution in [-0.2, 0) is 4.79 Å². The summed E-state index contributed by atoms with van der Waals surface area (Å²) in [5.74, 6) is -0.432. The molecule has 9 heteroatoms. The van der Waals surface area contributed by atoms with Crippen molar-refractivity contribution in [1.82, 2.24) is 5.32 Å². The van der Waals surface area contributed by atoms with E-state index in [4.69, 9.17) is 28.9 Å². The van der Waals surface area contributed by atoms with Gasteiger partial charge in [0, 0.05) is 0 Å². The molecule has 6 nitrogen and oxygen atoms in total. The molecule has 1 aliphatic rings. The summed E-state index contributed by atoms with van der Waals surface area (Å²) >= 11 is 12.7. The Morgan fingerprint density at radius 2 is 1.69 bits per heavy atom. The normalized spacial score (nSPS) is 15.2. The third-order valence-corrected chi connectivity index (χ3v) is 5.02. The summed E-state index contributed by atoms with van der Waals surface area (Å²) in [4.78, 5) is 36.3. The standard InChI is InChI=1S/C17H11Cl2N3O3S/c18-12-6-5-11(8-13(12)19)22(16(20)24)10-3-1-9(2-4-10)7-14-15(23)21-17(25)26-14/h1-8H,(H2,20,24)(H,21,23,25). The van der Waals surface area contributed by atoms with Crippen LogP contribution in [-0.4, -0.2) is 17.2 Å². The molecule has 132 valence electrons. The Balaban J connectivity index is 1.91. The van der Waals surface area contributed by atoms with Crippen molar-refractivity contribution in [3.63, 3.8) is 0 Å². The number of primary amides is 1. The number of nitrogens with two attached hydrogens (primary N) is 1. The number of nitrogens with one attached hydrogen (secondary N) is 1. The molecule has 0 aromatic heterocycles. The van der Waals surface area contributed by atoms with E-state index in [0.717, 1.165) is 11.8 Å². The van der Waals surface area contributed by atoms with Crippen molar-refractivity contribution in [2.45, 2.75) is 0 Å². The highest BCUT2D eigenvalue weighted by molar-refractivity contribution is 8.18. The van der Waals surface area contributed by atoms with Gasteiger partial charge >= 0.3 is 6.03 Å². The lowest BCUT2D eigenvalue weighted by Crippen LogP contribution is -2.31. The van der Waals surface area contributed by atoms with Gasteiger partial charge in [0.1, 0.15) is 0 Å². The molecule has 1 aliphatic heterocycles. The summed E-state index contributed by atoms with van der Waals surface area (Å²) in [5.41, 5.74) is 7.17.